The van der Waals surface area contributed by atoms with Crippen molar-refractivity contribution in [3.63, 3.8) is 0 Å². The van der Waals surface area contributed by atoms with Gasteiger partial charge in [-0.15, -0.1) is 0 Å². The molecule has 0 aliphatic heterocycles. The molecule has 206 valence electrons. The van der Waals surface area contributed by atoms with E-state index in [2.05, 4.69) is 33.6 Å². The van der Waals surface area contributed by atoms with E-state index in [1.54, 1.807) is 6.20 Å². The fourth-order valence-electron chi connectivity index (χ4n) is 3.56. The number of nitrogens with one attached hydrogen (secondary N) is 4. The minimum Gasteiger partial charge on any atom is -0.481 e. The van der Waals surface area contributed by atoms with Crippen molar-refractivity contribution in [1.82, 2.24) is 20.9 Å². The minimum absolute atomic E-state index is 0.0907. The van der Waals surface area contributed by atoms with Gasteiger partial charge in [-0.2, -0.15) is 12.6 Å². The molecule has 0 radical (unpaired) electrons. The number of aromatic amines is 1. The molecule has 4 unspecified atom stereocenters. The zero-order chi connectivity index (χ0) is 28.4. The topological polar surface area (TPSA) is 241 Å². The van der Waals surface area contributed by atoms with Crippen LogP contribution in [0.3, 0.4) is 0 Å². The third-order valence-corrected chi connectivity index (χ3v) is 5.91. The molecular weight excluding hydrogens is 522 g/mol. The monoisotopic (exact) mass is 551 g/mol. The first kappa shape index (κ1) is 30.1. The fourth-order valence-corrected chi connectivity index (χ4v) is 3.81. The number of nitrogens with two attached hydrogens (primary N) is 1. The normalized spacial score (nSPS) is 14.1. The number of amides is 3. The summed E-state index contributed by atoms with van der Waals surface area (Å²) in [7, 11) is 0. The van der Waals surface area contributed by atoms with Crippen molar-refractivity contribution in [2.45, 2.75) is 49.9 Å². The summed E-state index contributed by atoms with van der Waals surface area (Å²) in [6, 6.07) is 1.56. The number of carbonyl (C=O) groups excluding carboxylic acids is 3. The number of hydrogen-bond donors (Lipinski definition) is 9. The lowest BCUT2D eigenvalue weighted by atomic mass is 10.0. The molecule has 4 atom stereocenters. The minimum atomic E-state index is -1.72. The first-order valence-corrected chi connectivity index (χ1v) is 12.0. The van der Waals surface area contributed by atoms with Crippen molar-refractivity contribution in [1.29, 1.82) is 0 Å². The number of carbonyl (C=O) groups is 6. The number of rotatable bonds is 15. The van der Waals surface area contributed by atoms with Gasteiger partial charge < -0.3 is 42.0 Å². The van der Waals surface area contributed by atoms with E-state index in [4.69, 9.17) is 21.1 Å². The van der Waals surface area contributed by atoms with Gasteiger partial charge in [0, 0.05) is 29.3 Å². The Balaban J connectivity index is 2.15. The summed E-state index contributed by atoms with van der Waals surface area (Å²) in [5.41, 5.74) is 7.61. The second-order valence-corrected chi connectivity index (χ2v) is 8.77. The maximum atomic E-state index is 12.9. The number of carboxylic acid groups (broad SMARTS) is 3. The molecular formula is C23H29N5O9S. The largest absolute Gasteiger partial charge is 0.481 e. The van der Waals surface area contributed by atoms with Gasteiger partial charge in [0.2, 0.25) is 17.7 Å². The summed E-state index contributed by atoms with van der Waals surface area (Å²) in [6.45, 7) is 0. The lowest BCUT2D eigenvalue weighted by Gasteiger charge is -2.24. The van der Waals surface area contributed by atoms with Crippen molar-refractivity contribution in [2.24, 2.45) is 5.73 Å². The molecule has 0 aliphatic carbocycles. The molecule has 2 aromatic rings. The van der Waals surface area contributed by atoms with E-state index in [1.165, 1.54) is 0 Å². The highest BCUT2D eigenvalue weighted by molar-refractivity contribution is 7.80. The zero-order valence-corrected chi connectivity index (χ0v) is 20.9. The van der Waals surface area contributed by atoms with Crippen LogP contribution in [-0.2, 0) is 35.2 Å². The van der Waals surface area contributed by atoms with E-state index < -0.39 is 72.6 Å². The van der Waals surface area contributed by atoms with Gasteiger partial charge in [0.25, 0.3) is 0 Å². The summed E-state index contributed by atoms with van der Waals surface area (Å²) in [4.78, 5) is 74.8. The summed E-state index contributed by atoms with van der Waals surface area (Å²) < 4.78 is 0. The van der Waals surface area contributed by atoms with Crippen LogP contribution in [0.15, 0.2) is 30.5 Å². The van der Waals surface area contributed by atoms with Crippen LogP contribution >= 0.6 is 12.6 Å². The third-order valence-electron chi connectivity index (χ3n) is 5.54. The Kier molecular flexibility index (Phi) is 11.1. The standard InChI is InChI=1S/C23H29N5O9S/c24-13(7-11-9-25-14-4-2-1-3-12(11)14)20(33)26-15(5-6-18(29)30)21(34)27-16(8-19(31)32)22(35)28-17(10-38)23(36)37/h1-4,9,13,15-17,25,38H,5-8,10,24H2,(H,26,33)(H,27,34)(H,28,35)(H,29,30)(H,31,32)(H,36,37). The van der Waals surface area contributed by atoms with Gasteiger partial charge in [0.1, 0.15) is 18.1 Å². The first-order valence-electron chi connectivity index (χ1n) is 11.4. The van der Waals surface area contributed by atoms with E-state index in [0.29, 0.717) is 0 Å². The first-order chi connectivity index (χ1) is 17.9. The number of aliphatic carboxylic acids is 3. The van der Waals surface area contributed by atoms with Crippen LogP contribution in [0.4, 0.5) is 0 Å². The van der Waals surface area contributed by atoms with Crippen molar-refractivity contribution in [2.75, 3.05) is 5.75 Å². The van der Waals surface area contributed by atoms with Gasteiger partial charge in [-0.25, -0.2) is 4.79 Å². The van der Waals surface area contributed by atoms with Crippen LogP contribution in [0.1, 0.15) is 24.8 Å². The number of hydrogen-bond acceptors (Lipinski definition) is 8. The predicted octanol–water partition coefficient (Wildman–Crippen LogP) is -1.15. The van der Waals surface area contributed by atoms with Gasteiger partial charge >= 0.3 is 17.9 Å². The smallest absolute Gasteiger partial charge is 0.327 e. The number of aromatic nitrogens is 1. The molecule has 3 amide bonds. The van der Waals surface area contributed by atoms with Gasteiger partial charge in [0.15, 0.2) is 0 Å². The summed E-state index contributed by atoms with van der Waals surface area (Å²) in [5, 5.41) is 34.7. The van der Waals surface area contributed by atoms with E-state index in [0.717, 1.165) is 16.5 Å². The number of fused-ring (bicyclic) bond motifs is 1. The highest BCUT2D eigenvalue weighted by Crippen LogP contribution is 2.18. The molecule has 1 heterocycles. The van der Waals surface area contributed by atoms with Crippen LogP contribution in [0, 0.1) is 0 Å². The van der Waals surface area contributed by atoms with Crippen molar-refractivity contribution in [3.05, 3.63) is 36.0 Å². The van der Waals surface area contributed by atoms with E-state index >= 15 is 0 Å². The number of para-hydroxylation sites is 1. The van der Waals surface area contributed by atoms with Crippen LogP contribution in [0.5, 0.6) is 0 Å². The molecule has 0 saturated heterocycles. The Morgan fingerprint density at radius 3 is 2.08 bits per heavy atom. The van der Waals surface area contributed by atoms with Crippen molar-refractivity contribution in [3.8, 4) is 0 Å². The Morgan fingerprint density at radius 2 is 1.47 bits per heavy atom. The Morgan fingerprint density at radius 1 is 0.868 bits per heavy atom. The molecule has 0 bridgehead atoms. The molecule has 1 aromatic carbocycles. The number of benzene rings is 1. The maximum absolute atomic E-state index is 12.9. The zero-order valence-electron chi connectivity index (χ0n) is 20.0. The quantitative estimate of drug-likeness (QED) is 0.120. The molecule has 15 heteroatoms. The van der Waals surface area contributed by atoms with Crippen LogP contribution in [0.25, 0.3) is 10.9 Å². The van der Waals surface area contributed by atoms with Gasteiger partial charge in [0.05, 0.1) is 12.5 Å². The molecule has 14 nitrogen and oxygen atoms in total. The van der Waals surface area contributed by atoms with E-state index in [1.807, 2.05) is 24.3 Å². The molecule has 0 aliphatic rings. The average Bonchev–Trinajstić information content (AvgIpc) is 3.26. The third kappa shape index (κ3) is 8.77. The molecule has 0 spiro atoms. The Bertz CT molecular complexity index is 1200. The van der Waals surface area contributed by atoms with Gasteiger partial charge in [-0.05, 0) is 24.5 Å². The lowest BCUT2D eigenvalue weighted by molar-refractivity contribution is -0.143. The van der Waals surface area contributed by atoms with Gasteiger partial charge in [-0.1, -0.05) is 18.2 Å². The van der Waals surface area contributed by atoms with Gasteiger partial charge in [-0.3, -0.25) is 24.0 Å². The molecule has 0 saturated carbocycles. The molecule has 0 fully saturated rings. The number of carboxylic acids is 3. The second kappa shape index (κ2) is 14.0. The predicted molar refractivity (Wildman–Crippen MR) is 136 cm³/mol. The molecule has 1 aromatic heterocycles. The van der Waals surface area contributed by atoms with Crippen molar-refractivity contribution >= 4 is 59.2 Å². The summed E-state index contributed by atoms with van der Waals surface area (Å²) in [6.07, 6.45) is -0.0462. The highest BCUT2D eigenvalue weighted by Gasteiger charge is 2.31. The fraction of sp³-hybridized carbons (Fsp3) is 0.391. The molecule has 9 N–H and O–H groups in total. The average molecular weight is 552 g/mol. The molecule has 38 heavy (non-hydrogen) atoms. The van der Waals surface area contributed by atoms with E-state index in [-0.39, 0.29) is 18.6 Å². The number of H-pyrrole nitrogens is 1. The lowest BCUT2D eigenvalue weighted by Crippen LogP contribution is -2.57. The second-order valence-electron chi connectivity index (χ2n) is 8.40. The maximum Gasteiger partial charge on any atom is 0.327 e. The van der Waals surface area contributed by atoms with Crippen LogP contribution in [-0.4, -0.2) is 85.9 Å². The highest BCUT2D eigenvalue weighted by atomic mass is 32.1. The van der Waals surface area contributed by atoms with Crippen molar-refractivity contribution < 1.29 is 44.1 Å². The molecule has 2 rings (SSSR count). The summed E-state index contributed by atoms with van der Waals surface area (Å²) in [5.74, 6) is -7.40. The van der Waals surface area contributed by atoms with Crippen LogP contribution in [0.2, 0.25) is 0 Å². The number of thiol groups is 1. The van der Waals surface area contributed by atoms with Crippen LogP contribution < -0.4 is 21.7 Å². The summed E-state index contributed by atoms with van der Waals surface area (Å²) >= 11 is 3.81. The van der Waals surface area contributed by atoms with E-state index in [9.17, 15) is 28.8 Å². The SMILES string of the molecule is NC(Cc1c[nH]c2ccccc12)C(=O)NC(CCC(=O)O)C(=O)NC(CC(=O)O)C(=O)NC(CS)C(=O)O. The Hall–Kier alpha value is -4.11. The Labute approximate surface area is 221 Å².